The second-order valence-electron chi connectivity index (χ2n) is 8.18. The average Bonchev–Trinajstić information content (AvgIpc) is 3.10. The van der Waals surface area contributed by atoms with Crippen LogP contribution in [0.25, 0.3) is 22.2 Å². The van der Waals surface area contributed by atoms with Crippen LogP contribution in [-0.4, -0.2) is 39.5 Å². The highest BCUT2D eigenvalue weighted by atomic mass is 32.2. The SMILES string of the molecule is Cc1ccc(C)c(S(=O)(=O)c2c(N)n(/N=C\c3ccc(O)c(O)c3)c3nc4ccccc4nc23)c1. The monoisotopic (exact) mass is 487 g/mol. The Morgan fingerprint density at radius 2 is 1.66 bits per heavy atom. The van der Waals surface area contributed by atoms with Gasteiger partial charge < -0.3 is 15.9 Å². The zero-order chi connectivity index (χ0) is 24.9. The predicted octanol–water partition coefficient (Wildman–Crippen LogP) is 3.91. The highest BCUT2D eigenvalue weighted by Crippen LogP contribution is 2.36. The lowest BCUT2D eigenvalue weighted by atomic mass is 10.2. The molecule has 0 amide bonds. The maximum atomic E-state index is 13.9. The Bertz CT molecular complexity index is 1770. The molecule has 0 saturated heterocycles. The Morgan fingerprint density at radius 3 is 2.37 bits per heavy atom. The molecular formula is C25H21N5O4S. The van der Waals surface area contributed by atoms with E-state index < -0.39 is 9.84 Å². The van der Waals surface area contributed by atoms with E-state index in [2.05, 4.69) is 15.1 Å². The molecule has 5 rings (SSSR count). The van der Waals surface area contributed by atoms with E-state index in [0.717, 1.165) is 5.56 Å². The van der Waals surface area contributed by atoms with E-state index in [0.29, 0.717) is 22.2 Å². The van der Waals surface area contributed by atoms with E-state index in [1.807, 2.05) is 13.0 Å². The van der Waals surface area contributed by atoms with Crippen LogP contribution in [0.5, 0.6) is 11.5 Å². The van der Waals surface area contributed by atoms with Crippen molar-refractivity contribution < 1.29 is 18.6 Å². The molecule has 0 aliphatic heterocycles. The van der Waals surface area contributed by atoms with Gasteiger partial charge in [0.2, 0.25) is 9.84 Å². The van der Waals surface area contributed by atoms with Gasteiger partial charge in [-0.1, -0.05) is 24.3 Å². The number of nitrogen functional groups attached to an aromatic ring is 1. The quantitative estimate of drug-likeness (QED) is 0.257. The van der Waals surface area contributed by atoms with Gasteiger partial charge >= 0.3 is 0 Å². The van der Waals surface area contributed by atoms with E-state index in [-0.39, 0.29) is 38.3 Å². The summed E-state index contributed by atoms with van der Waals surface area (Å²) in [5.74, 6) is -0.731. The number of aromatic nitrogens is 3. The van der Waals surface area contributed by atoms with Gasteiger partial charge in [0.1, 0.15) is 16.2 Å². The largest absolute Gasteiger partial charge is 0.504 e. The number of fused-ring (bicyclic) bond motifs is 2. The highest BCUT2D eigenvalue weighted by molar-refractivity contribution is 7.92. The van der Waals surface area contributed by atoms with Crippen molar-refractivity contribution in [3.05, 3.63) is 77.4 Å². The summed E-state index contributed by atoms with van der Waals surface area (Å²) in [6.45, 7) is 3.54. The first kappa shape index (κ1) is 22.4. The van der Waals surface area contributed by atoms with Gasteiger partial charge in [-0.25, -0.2) is 18.4 Å². The molecule has 0 aliphatic rings. The number of sulfone groups is 1. The minimum atomic E-state index is -4.09. The maximum absolute atomic E-state index is 13.9. The first-order valence-corrected chi connectivity index (χ1v) is 12.1. The molecule has 0 spiro atoms. The van der Waals surface area contributed by atoms with Gasteiger partial charge in [-0.15, -0.1) is 0 Å². The normalized spacial score (nSPS) is 12.2. The number of para-hydroxylation sites is 2. The van der Waals surface area contributed by atoms with Crippen LogP contribution < -0.4 is 5.73 Å². The number of hydrogen-bond donors (Lipinski definition) is 3. The molecule has 176 valence electrons. The smallest absolute Gasteiger partial charge is 0.212 e. The van der Waals surface area contributed by atoms with Gasteiger partial charge in [0.15, 0.2) is 17.1 Å². The third-order valence-corrected chi connectivity index (χ3v) is 7.61. The number of nitrogens with zero attached hydrogens (tertiary/aromatic N) is 4. The van der Waals surface area contributed by atoms with Gasteiger partial charge in [0, 0.05) is 0 Å². The van der Waals surface area contributed by atoms with Crippen LogP contribution in [0.4, 0.5) is 5.82 Å². The Labute approximate surface area is 200 Å². The number of nitrogens with two attached hydrogens (primary N) is 1. The molecule has 9 nitrogen and oxygen atoms in total. The molecule has 0 fully saturated rings. The third kappa shape index (κ3) is 3.73. The van der Waals surface area contributed by atoms with E-state index in [1.165, 1.54) is 29.1 Å². The Balaban J connectivity index is 1.80. The second-order valence-corrected chi connectivity index (χ2v) is 10.0. The lowest BCUT2D eigenvalue weighted by Gasteiger charge is -2.09. The van der Waals surface area contributed by atoms with E-state index >= 15 is 0 Å². The van der Waals surface area contributed by atoms with Gasteiger partial charge in [-0.2, -0.15) is 9.78 Å². The number of anilines is 1. The number of phenolic OH excluding ortho intramolecular Hbond substituents is 2. The first-order chi connectivity index (χ1) is 16.7. The summed E-state index contributed by atoms with van der Waals surface area (Å²) in [5, 5.41) is 23.7. The summed E-state index contributed by atoms with van der Waals surface area (Å²) >= 11 is 0. The van der Waals surface area contributed by atoms with E-state index in [9.17, 15) is 18.6 Å². The third-order valence-electron chi connectivity index (χ3n) is 5.65. The Kier molecular flexibility index (Phi) is 5.17. The molecule has 0 bridgehead atoms. The Hall–Kier alpha value is -4.44. The molecule has 5 aromatic rings. The fraction of sp³-hybridized carbons (Fsp3) is 0.0800. The van der Waals surface area contributed by atoms with Crippen LogP contribution in [0.2, 0.25) is 0 Å². The van der Waals surface area contributed by atoms with Crippen LogP contribution in [0.15, 0.2) is 75.6 Å². The number of phenols is 2. The van der Waals surface area contributed by atoms with Crippen molar-refractivity contribution in [3.8, 4) is 11.5 Å². The van der Waals surface area contributed by atoms with Gasteiger partial charge in [-0.3, -0.25) is 0 Å². The number of aryl methyl sites for hydroxylation is 2. The van der Waals surface area contributed by atoms with Crippen LogP contribution >= 0.6 is 0 Å². The zero-order valence-electron chi connectivity index (χ0n) is 18.8. The highest BCUT2D eigenvalue weighted by Gasteiger charge is 2.31. The van der Waals surface area contributed by atoms with Crippen molar-refractivity contribution >= 4 is 44.1 Å². The molecular weight excluding hydrogens is 466 g/mol. The van der Waals surface area contributed by atoms with Gasteiger partial charge in [-0.05, 0) is 66.9 Å². The number of rotatable bonds is 4. The summed E-state index contributed by atoms with van der Waals surface area (Å²) in [7, 11) is -4.09. The van der Waals surface area contributed by atoms with Crippen molar-refractivity contribution in [2.45, 2.75) is 23.6 Å². The minimum Gasteiger partial charge on any atom is -0.504 e. The second kappa shape index (κ2) is 8.10. The minimum absolute atomic E-state index is 0.104. The van der Waals surface area contributed by atoms with Crippen LogP contribution in [-0.2, 0) is 9.84 Å². The molecule has 2 heterocycles. The molecule has 10 heteroatoms. The number of aromatic hydroxyl groups is 2. The summed E-state index contributed by atoms with van der Waals surface area (Å²) in [5.41, 5.74) is 9.57. The van der Waals surface area contributed by atoms with Crippen molar-refractivity contribution in [1.29, 1.82) is 0 Å². The van der Waals surface area contributed by atoms with E-state index in [4.69, 9.17) is 5.73 Å². The molecule has 3 aromatic carbocycles. The summed E-state index contributed by atoms with van der Waals surface area (Å²) in [6, 6.07) is 16.4. The van der Waals surface area contributed by atoms with Gasteiger partial charge in [0.05, 0.1) is 22.1 Å². The average molecular weight is 488 g/mol. The van der Waals surface area contributed by atoms with Gasteiger partial charge in [0.25, 0.3) is 0 Å². The van der Waals surface area contributed by atoms with Crippen LogP contribution in [0, 0.1) is 13.8 Å². The fourth-order valence-corrected chi connectivity index (χ4v) is 5.66. The van der Waals surface area contributed by atoms with Crippen molar-refractivity contribution in [1.82, 2.24) is 14.6 Å². The molecule has 0 radical (unpaired) electrons. The van der Waals surface area contributed by atoms with Crippen LogP contribution in [0.3, 0.4) is 0 Å². The maximum Gasteiger partial charge on any atom is 0.212 e. The molecule has 35 heavy (non-hydrogen) atoms. The summed E-state index contributed by atoms with van der Waals surface area (Å²) in [4.78, 5) is 9.15. The molecule has 2 aromatic heterocycles. The topological polar surface area (TPSA) is 144 Å². The summed E-state index contributed by atoms with van der Waals surface area (Å²) in [6.07, 6.45) is 1.38. The lowest BCUT2D eigenvalue weighted by Crippen LogP contribution is -2.08. The fourth-order valence-electron chi connectivity index (χ4n) is 3.86. The van der Waals surface area contributed by atoms with Crippen molar-refractivity contribution in [3.63, 3.8) is 0 Å². The van der Waals surface area contributed by atoms with E-state index in [1.54, 1.807) is 43.3 Å². The predicted molar refractivity (Wildman–Crippen MR) is 134 cm³/mol. The van der Waals surface area contributed by atoms with Crippen LogP contribution in [0.1, 0.15) is 16.7 Å². The first-order valence-electron chi connectivity index (χ1n) is 10.6. The number of benzene rings is 3. The lowest BCUT2D eigenvalue weighted by molar-refractivity contribution is 0.403. The summed E-state index contributed by atoms with van der Waals surface area (Å²) < 4.78 is 29.0. The molecule has 0 saturated carbocycles. The molecule has 0 unspecified atom stereocenters. The molecule has 4 N–H and O–H groups in total. The molecule has 0 atom stereocenters. The molecule has 0 aliphatic carbocycles. The van der Waals surface area contributed by atoms with Crippen molar-refractivity contribution in [2.75, 3.05) is 5.73 Å². The zero-order valence-corrected chi connectivity index (χ0v) is 19.7. The standard InChI is InChI=1S/C25H21N5O4S/c1-14-7-8-15(2)21(11-14)35(33,34)23-22-25(29-18-6-4-3-5-17(18)28-22)30(24(23)26)27-13-16-9-10-19(31)20(32)12-16/h3-13,31-32H,26H2,1-2H3/b27-13-. The van der Waals surface area contributed by atoms with Crippen molar-refractivity contribution in [2.24, 2.45) is 5.10 Å². The Morgan fingerprint density at radius 1 is 0.943 bits per heavy atom. The number of hydrogen-bond acceptors (Lipinski definition) is 8.